The smallest absolute Gasteiger partial charge is 0.258 e. The summed E-state index contributed by atoms with van der Waals surface area (Å²) in [7, 11) is 0. The van der Waals surface area contributed by atoms with E-state index in [1.54, 1.807) is 13.0 Å². The lowest BCUT2D eigenvalue weighted by Crippen LogP contribution is -1.93. The number of benzene rings is 1. The van der Waals surface area contributed by atoms with Gasteiger partial charge in [0.1, 0.15) is 6.67 Å². The van der Waals surface area contributed by atoms with Crippen molar-refractivity contribution in [2.45, 2.75) is 13.6 Å². The number of halogens is 1. The Labute approximate surface area is 69.0 Å². The third kappa shape index (κ3) is 1.58. The summed E-state index contributed by atoms with van der Waals surface area (Å²) in [5.74, 6) is 0. The Balaban J connectivity index is 3.20. The van der Waals surface area contributed by atoms with Crippen molar-refractivity contribution in [1.82, 2.24) is 0 Å². The van der Waals surface area contributed by atoms with Gasteiger partial charge in [0.25, 0.3) is 5.69 Å². The minimum Gasteiger partial charge on any atom is -0.258 e. The fraction of sp³-hybridized carbons (Fsp3) is 0.250. The molecule has 0 aliphatic heterocycles. The average molecular weight is 169 g/mol. The summed E-state index contributed by atoms with van der Waals surface area (Å²) < 4.78 is 12.2. The van der Waals surface area contributed by atoms with Crippen LogP contribution in [0.3, 0.4) is 0 Å². The summed E-state index contributed by atoms with van der Waals surface area (Å²) in [6.45, 7) is 0.973. The van der Waals surface area contributed by atoms with Gasteiger partial charge in [0.15, 0.2) is 0 Å². The SMILES string of the molecule is Cc1ccc([N+](=O)[O-])c(CF)c1. The molecule has 3 nitrogen and oxygen atoms in total. The molecule has 0 unspecified atom stereocenters. The first-order chi connectivity index (χ1) is 5.65. The Hall–Kier alpha value is -1.45. The maximum absolute atomic E-state index is 12.2. The summed E-state index contributed by atoms with van der Waals surface area (Å²) in [6.07, 6.45) is 0. The molecule has 1 rings (SSSR count). The summed E-state index contributed by atoms with van der Waals surface area (Å²) in [4.78, 5) is 9.76. The van der Waals surface area contributed by atoms with Crippen molar-refractivity contribution < 1.29 is 9.31 Å². The highest BCUT2D eigenvalue weighted by atomic mass is 19.1. The van der Waals surface area contributed by atoms with E-state index in [2.05, 4.69) is 0 Å². The van der Waals surface area contributed by atoms with E-state index in [1.165, 1.54) is 12.1 Å². The van der Waals surface area contributed by atoms with Crippen molar-refractivity contribution in [3.63, 3.8) is 0 Å². The van der Waals surface area contributed by atoms with Crippen LogP contribution in [-0.4, -0.2) is 4.92 Å². The minimum atomic E-state index is -0.794. The van der Waals surface area contributed by atoms with E-state index in [9.17, 15) is 14.5 Å². The number of hydrogen-bond donors (Lipinski definition) is 0. The summed E-state index contributed by atoms with van der Waals surface area (Å²) >= 11 is 0. The van der Waals surface area contributed by atoms with Crippen molar-refractivity contribution >= 4 is 5.69 Å². The normalized spacial score (nSPS) is 9.83. The molecule has 0 aliphatic rings. The van der Waals surface area contributed by atoms with Gasteiger partial charge in [-0.1, -0.05) is 11.6 Å². The van der Waals surface area contributed by atoms with Crippen LogP contribution in [0.1, 0.15) is 11.1 Å². The van der Waals surface area contributed by atoms with E-state index in [4.69, 9.17) is 0 Å². The molecule has 4 heteroatoms. The van der Waals surface area contributed by atoms with Crippen LogP contribution in [0.25, 0.3) is 0 Å². The van der Waals surface area contributed by atoms with E-state index in [0.29, 0.717) is 0 Å². The standard InChI is InChI=1S/C8H8FNO2/c1-6-2-3-8(10(11)12)7(4-6)5-9/h2-4H,5H2,1H3. The molecular formula is C8H8FNO2. The van der Waals surface area contributed by atoms with Crippen molar-refractivity contribution in [1.29, 1.82) is 0 Å². The maximum atomic E-state index is 12.2. The largest absolute Gasteiger partial charge is 0.275 e. The lowest BCUT2D eigenvalue weighted by atomic mass is 10.1. The van der Waals surface area contributed by atoms with Crippen molar-refractivity contribution in [3.05, 3.63) is 39.4 Å². The highest BCUT2D eigenvalue weighted by molar-refractivity contribution is 5.41. The summed E-state index contributed by atoms with van der Waals surface area (Å²) in [6, 6.07) is 4.40. The molecule has 1 aromatic carbocycles. The molecule has 0 aliphatic carbocycles. The number of hydrogen-bond acceptors (Lipinski definition) is 2. The van der Waals surface area contributed by atoms with E-state index < -0.39 is 11.6 Å². The molecule has 0 bridgehead atoms. The van der Waals surface area contributed by atoms with Crippen LogP contribution in [0.15, 0.2) is 18.2 Å². The average Bonchev–Trinajstić information content (AvgIpc) is 2.03. The van der Waals surface area contributed by atoms with Crippen LogP contribution in [-0.2, 0) is 6.67 Å². The zero-order valence-electron chi connectivity index (χ0n) is 6.58. The number of rotatable bonds is 2. The van der Waals surface area contributed by atoms with E-state index >= 15 is 0 Å². The number of aryl methyl sites for hydroxylation is 1. The molecule has 0 fully saturated rings. The predicted molar refractivity (Wildman–Crippen MR) is 42.6 cm³/mol. The molecule has 0 N–H and O–H groups in total. The van der Waals surface area contributed by atoms with Gasteiger partial charge in [0, 0.05) is 6.07 Å². The Kier molecular flexibility index (Phi) is 2.38. The Morgan fingerprint density at radius 2 is 2.25 bits per heavy atom. The fourth-order valence-corrected chi connectivity index (χ4v) is 0.999. The third-order valence-corrected chi connectivity index (χ3v) is 1.58. The fourth-order valence-electron chi connectivity index (χ4n) is 0.999. The molecule has 0 saturated carbocycles. The summed E-state index contributed by atoms with van der Waals surface area (Å²) in [5, 5.41) is 10.3. The molecule has 1 aromatic rings. The number of nitro benzene ring substituents is 1. The quantitative estimate of drug-likeness (QED) is 0.503. The predicted octanol–water partition coefficient (Wildman–Crippen LogP) is 2.37. The number of nitrogens with zero attached hydrogens (tertiary/aromatic N) is 1. The summed E-state index contributed by atoms with van der Waals surface area (Å²) in [5.41, 5.74) is 0.816. The lowest BCUT2D eigenvalue weighted by molar-refractivity contribution is -0.385. The first kappa shape index (κ1) is 8.64. The molecular weight excluding hydrogens is 161 g/mol. The molecule has 0 radical (unpaired) electrons. The van der Waals surface area contributed by atoms with Crippen LogP contribution < -0.4 is 0 Å². The van der Waals surface area contributed by atoms with Gasteiger partial charge >= 0.3 is 0 Å². The zero-order chi connectivity index (χ0) is 9.14. The van der Waals surface area contributed by atoms with Gasteiger partial charge in [-0.05, 0) is 13.0 Å². The highest BCUT2D eigenvalue weighted by Crippen LogP contribution is 2.20. The molecule has 0 atom stereocenters. The Morgan fingerprint density at radius 3 is 2.75 bits per heavy atom. The van der Waals surface area contributed by atoms with Crippen molar-refractivity contribution in [2.24, 2.45) is 0 Å². The monoisotopic (exact) mass is 169 g/mol. The highest BCUT2D eigenvalue weighted by Gasteiger charge is 2.12. The zero-order valence-corrected chi connectivity index (χ0v) is 6.58. The van der Waals surface area contributed by atoms with Crippen molar-refractivity contribution in [2.75, 3.05) is 0 Å². The van der Waals surface area contributed by atoms with Gasteiger partial charge in [-0.3, -0.25) is 10.1 Å². The van der Waals surface area contributed by atoms with Crippen LogP contribution in [0.2, 0.25) is 0 Å². The number of nitro groups is 1. The molecule has 0 heterocycles. The molecule has 0 aromatic heterocycles. The second-order valence-corrected chi connectivity index (χ2v) is 2.52. The minimum absolute atomic E-state index is 0.139. The maximum Gasteiger partial charge on any atom is 0.275 e. The Morgan fingerprint density at radius 1 is 1.58 bits per heavy atom. The van der Waals surface area contributed by atoms with Gasteiger partial charge in [0.05, 0.1) is 10.5 Å². The van der Waals surface area contributed by atoms with Crippen molar-refractivity contribution in [3.8, 4) is 0 Å². The number of alkyl halides is 1. The van der Waals surface area contributed by atoms with Gasteiger partial charge < -0.3 is 0 Å². The topological polar surface area (TPSA) is 43.1 Å². The van der Waals surface area contributed by atoms with Crippen LogP contribution in [0.5, 0.6) is 0 Å². The lowest BCUT2D eigenvalue weighted by Gasteiger charge is -1.98. The second kappa shape index (κ2) is 3.30. The Bertz CT molecular complexity index is 312. The third-order valence-electron chi connectivity index (χ3n) is 1.58. The first-order valence-corrected chi connectivity index (χ1v) is 3.45. The van der Waals surface area contributed by atoms with Gasteiger partial charge in [-0.15, -0.1) is 0 Å². The first-order valence-electron chi connectivity index (χ1n) is 3.45. The van der Waals surface area contributed by atoms with Crippen LogP contribution in [0.4, 0.5) is 10.1 Å². The van der Waals surface area contributed by atoms with Gasteiger partial charge in [-0.25, -0.2) is 4.39 Å². The molecule has 0 amide bonds. The van der Waals surface area contributed by atoms with Gasteiger partial charge in [0.2, 0.25) is 0 Å². The molecule has 0 saturated heterocycles. The molecule has 0 spiro atoms. The van der Waals surface area contributed by atoms with E-state index in [0.717, 1.165) is 5.56 Å². The van der Waals surface area contributed by atoms with Gasteiger partial charge in [-0.2, -0.15) is 0 Å². The van der Waals surface area contributed by atoms with Crippen LogP contribution in [0, 0.1) is 17.0 Å². The van der Waals surface area contributed by atoms with E-state index in [1.807, 2.05) is 0 Å². The molecule has 12 heavy (non-hydrogen) atoms. The van der Waals surface area contributed by atoms with E-state index in [-0.39, 0.29) is 11.3 Å². The second-order valence-electron chi connectivity index (χ2n) is 2.52. The van der Waals surface area contributed by atoms with Crippen LogP contribution >= 0.6 is 0 Å². The molecule has 64 valence electrons.